The summed E-state index contributed by atoms with van der Waals surface area (Å²) in [6, 6.07) is 9.97. The van der Waals surface area contributed by atoms with Gasteiger partial charge >= 0.3 is 0 Å². The number of aryl methyl sites for hydroxylation is 1. The maximum Gasteiger partial charge on any atom is 0.154 e. The van der Waals surface area contributed by atoms with Crippen molar-refractivity contribution < 1.29 is 4.74 Å². The lowest BCUT2D eigenvalue weighted by Gasteiger charge is -2.23. The second-order valence-corrected chi connectivity index (χ2v) is 7.72. The van der Waals surface area contributed by atoms with Crippen LogP contribution in [0.4, 0.5) is 0 Å². The second kappa shape index (κ2) is 7.09. The van der Waals surface area contributed by atoms with Gasteiger partial charge in [-0.15, -0.1) is 0 Å². The van der Waals surface area contributed by atoms with Gasteiger partial charge in [-0.05, 0) is 43.9 Å². The van der Waals surface area contributed by atoms with Gasteiger partial charge in [-0.2, -0.15) is 10.2 Å². The van der Waals surface area contributed by atoms with E-state index in [9.17, 15) is 0 Å². The molecule has 0 spiro atoms. The fraction of sp³-hybridized carbons (Fsp3) is 0.450. The molecule has 140 valence electrons. The van der Waals surface area contributed by atoms with E-state index < -0.39 is 0 Å². The van der Waals surface area contributed by atoms with E-state index in [0.717, 1.165) is 62.8 Å². The van der Waals surface area contributed by atoms with E-state index in [1.807, 2.05) is 35.1 Å². The minimum absolute atomic E-state index is 0.312. The van der Waals surface area contributed by atoms with Gasteiger partial charge < -0.3 is 4.74 Å². The molecular formula is C20H22ClN5O. The number of rotatable bonds is 3. The summed E-state index contributed by atoms with van der Waals surface area (Å²) in [6.07, 6.45) is 5.76. The third kappa shape index (κ3) is 3.17. The minimum atomic E-state index is 0.312. The Bertz CT molecular complexity index is 944. The zero-order valence-electron chi connectivity index (χ0n) is 15.1. The van der Waals surface area contributed by atoms with Crippen LogP contribution in [0.2, 0.25) is 5.02 Å². The van der Waals surface area contributed by atoms with Gasteiger partial charge in [0.2, 0.25) is 0 Å². The number of hydrogen-bond acceptors (Lipinski definition) is 4. The number of benzene rings is 1. The van der Waals surface area contributed by atoms with Crippen LogP contribution in [0, 0.1) is 0 Å². The molecule has 4 heterocycles. The van der Waals surface area contributed by atoms with Gasteiger partial charge in [0.25, 0.3) is 0 Å². The number of nitrogens with zero attached hydrogens (tertiary/aromatic N) is 5. The average Bonchev–Trinajstić information content (AvgIpc) is 3.35. The lowest BCUT2D eigenvalue weighted by molar-refractivity contribution is 0.0836. The van der Waals surface area contributed by atoms with Gasteiger partial charge in [-0.1, -0.05) is 23.7 Å². The van der Waals surface area contributed by atoms with E-state index in [2.05, 4.69) is 15.8 Å². The number of hydrogen-bond donors (Lipinski definition) is 0. The summed E-state index contributed by atoms with van der Waals surface area (Å²) in [4.78, 5) is 5.04. The summed E-state index contributed by atoms with van der Waals surface area (Å²) in [5.41, 5.74) is 2.16. The molecule has 1 aromatic carbocycles. The predicted octanol–water partition coefficient (Wildman–Crippen LogP) is 3.74. The maximum atomic E-state index is 6.51. The van der Waals surface area contributed by atoms with E-state index in [0.29, 0.717) is 16.9 Å². The molecule has 27 heavy (non-hydrogen) atoms. The predicted molar refractivity (Wildman–Crippen MR) is 102 cm³/mol. The zero-order chi connectivity index (χ0) is 18.2. The molecule has 0 N–H and O–H groups in total. The van der Waals surface area contributed by atoms with Gasteiger partial charge in [-0.3, -0.25) is 4.68 Å². The number of para-hydroxylation sites is 1. The van der Waals surface area contributed by atoms with Gasteiger partial charge in [0.05, 0.1) is 10.7 Å². The minimum Gasteiger partial charge on any atom is -0.381 e. The van der Waals surface area contributed by atoms with Gasteiger partial charge in [0.15, 0.2) is 5.82 Å². The summed E-state index contributed by atoms with van der Waals surface area (Å²) < 4.78 is 9.58. The summed E-state index contributed by atoms with van der Waals surface area (Å²) in [5.74, 6) is 2.60. The van der Waals surface area contributed by atoms with Crippen molar-refractivity contribution in [3.8, 4) is 5.69 Å². The van der Waals surface area contributed by atoms with E-state index in [1.165, 1.54) is 5.69 Å². The first-order valence-electron chi connectivity index (χ1n) is 9.60. The van der Waals surface area contributed by atoms with Crippen molar-refractivity contribution in [1.29, 1.82) is 0 Å². The normalized spacial score (nSPS) is 20.6. The molecular weight excluding hydrogens is 362 g/mol. The summed E-state index contributed by atoms with van der Waals surface area (Å²) >= 11 is 6.51. The maximum absolute atomic E-state index is 6.51. The Balaban J connectivity index is 1.56. The molecule has 2 aromatic heterocycles. The Hall–Kier alpha value is -2.18. The highest BCUT2D eigenvalue weighted by molar-refractivity contribution is 6.32. The fourth-order valence-corrected chi connectivity index (χ4v) is 4.34. The van der Waals surface area contributed by atoms with Crippen molar-refractivity contribution in [2.24, 2.45) is 0 Å². The quantitative estimate of drug-likeness (QED) is 0.691. The third-order valence-corrected chi connectivity index (χ3v) is 5.95. The molecule has 7 heteroatoms. The van der Waals surface area contributed by atoms with Gasteiger partial charge in [0, 0.05) is 43.5 Å². The molecule has 0 bridgehead atoms. The van der Waals surface area contributed by atoms with Crippen molar-refractivity contribution in [2.75, 3.05) is 13.2 Å². The van der Waals surface area contributed by atoms with Gasteiger partial charge in [0.1, 0.15) is 5.82 Å². The van der Waals surface area contributed by atoms with Crippen LogP contribution in [-0.2, 0) is 17.7 Å². The molecule has 3 aromatic rings. The van der Waals surface area contributed by atoms with E-state index in [4.69, 9.17) is 26.4 Å². The van der Waals surface area contributed by atoms with E-state index in [1.54, 1.807) is 0 Å². The van der Waals surface area contributed by atoms with Gasteiger partial charge in [-0.25, -0.2) is 9.67 Å². The van der Waals surface area contributed by atoms with E-state index in [-0.39, 0.29) is 0 Å². The first-order chi connectivity index (χ1) is 13.3. The largest absolute Gasteiger partial charge is 0.381 e. The van der Waals surface area contributed by atoms with Crippen LogP contribution < -0.4 is 0 Å². The van der Waals surface area contributed by atoms with E-state index >= 15 is 0 Å². The molecule has 1 unspecified atom stereocenters. The Morgan fingerprint density at radius 3 is 2.74 bits per heavy atom. The standard InChI is InChI=1S/C20H22ClN5O/c21-17-3-1-2-4-18(17)26-20(15-6-10-25-16(13-15)5-9-22-25)23-19(24-26)14-7-11-27-12-8-14/h1-5,9,14-15H,6-8,10-13H2. The zero-order valence-corrected chi connectivity index (χ0v) is 15.8. The highest BCUT2D eigenvalue weighted by Gasteiger charge is 2.29. The highest BCUT2D eigenvalue weighted by Crippen LogP contribution is 2.33. The second-order valence-electron chi connectivity index (χ2n) is 7.31. The molecule has 1 fully saturated rings. The van der Waals surface area contributed by atoms with Crippen molar-refractivity contribution >= 4 is 11.6 Å². The molecule has 0 amide bonds. The topological polar surface area (TPSA) is 57.8 Å². The first kappa shape index (κ1) is 17.0. The number of aromatic nitrogens is 5. The van der Waals surface area contributed by atoms with Crippen LogP contribution in [0.1, 0.15) is 48.4 Å². The molecule has 2 aliphatic rings. The molecule has 5 rings (SSSR count). The number of ether oxygens (including phenoxy) is 1. The fourth-order valence-electron chi connectivity index (χ4n) is 4.12. The molecule has 1 saturated heterocycles. The average molecular weight is 384 g/mol. The smallest absolute Gasteiger partial charge is 0.154 e. The molecule has 0 saturated carbocycles. The monoisotopic (exact) mass is 383 g/mol. The summed E-state index contributed by atoms with van der Waals surface area (Å²) in [7, 11) is 0. The Kier molecular flexibility index (Phi) is 4.45. The Morgan fingerprint density at radius 2 is 1.89 bits per heavy atom. The summed E-state index contributed by atoms with van der Waals surface area (Å²) in [5, 5.41) is 10.0. The Labute approximate surface area is 163 Å². The summed E-state index contributed by atoms with van der Waals surface area (Å²) in [6.45, 7) is 2.47. The van der Waals surface area contributed by atoms with Crippen molar-refractivity contribution in [1.82, 2.24) is 24.5 Å². The van der Waals surface area contributed by atoms with Crippen LogP contribution in [0.15, 0.2) is 36.5 Å². The van der Waals surface area contributed by atoms with Crippen molar-refractivity contribution in [2.45, 2.75) is 44.1 Å². The first-order valence-corrected chi connectivity index (χ1v) is 9.97. The molecule has 0 radical (unpaired) electrons. The SMILES string of the molecule is Clc1ccccc1-n1nc(C2CCOCC2)nc1C1CCn2nccc2C1. The van der Waals surface area contributed by atoms with Crippen LogP contribution in [0.3, 0.4) is 0 Å². The Morgan fingerprint density at radius 1 is 1.04 bits per heavy atom. The lowest BCUT2D eigenvalue weighted by Crippen LogP contribution is -2.21. The van der Waals surface area contributed by atoms with Crippen LogP contribution in [0.25, 0.3) is 5.69 Å². The van der Waals surface area contributed by atoms with Crippen LogP contribution >= 0.6 is 11.6 Å². The molecule has 6 nitrogen and oxygen atoms in total. The van der Waals surface area contributed by atoms with Crippen LogP contribution in [0.5, 0.6) is 0 Å². The number of halogens is 1. The lowest BCUT2D eigenvalue weighted by atomic mass is 9.95. The number of fused-ring (bicyclic) bond motifs is 1. The van der Waals surface area contributed by atoms with Crippen LogP contribution in [-0.4, -0.2) is 37.8 Å². The third-order valence-electron chi connectivity index (χ3n) is 5.63. The molecule has 1 atom stereocenters. The highest BCUT2D eigenvalue weighted by atomic mass is 35.5. The molecule has 2 aliphatic heterocycles. The molecule has 0 aliphatic carbocycles. The van der Waals surface area contributed by atoms with Crippen molar-refractivity contribution in [3.63, 3.8) is 0 Å². The van der Waals surface area contributed by atoms with Crippen molar-refractivity contribution in [3.05, 3.63) is 58.9 Å².